The van der Waals surface area contributed by atoms with Crippen LogP contribution in [0.1, 0.15) is 43.4 Å². The van der Waals surface area contributed by atoms with E-state index in [4.69, 9.17) is 4.74 Å². The maximum Gasteiger partial charge on any atom is 0.126 e. The molecule has 0 bridgehead atoms. The molecular weight excluding hydrogens is 229 g/mol. The number of halogens is 1. The van der Waals surface area contributed by atoms with Crippen LogP contribution in [0.25, 0.3) is 0 Å². The van der Waals surface area contributed by atoms with E-state index in [0.717, 1.165) is 38.0 Å². The molecule has 1 aromatic rings. The molecule has 1 heterocycles. The third-order valence-electron chi connectivity index (χ3n) is 3.53. The van der Waals surface area contributed by atoms with E-state index in [0.29, 0.717) is 11.6 Å². The zero-order valence-corrected chi connectivity index (χ0v) is 11.2. The molecule has 3 heteroatoms. The van der Waals surface area contributed by atoms with Crippen molar-refractivity contribution in [3.63, 3.8) is 0 Å². The molecule has 100 valence electrons. The van der Waals surface area contributed by atoms with Crippen LogP contribution in [0, 0.1) is 12.7 Å². The lowest BCUT2D eigenvalue weighted by molar-refractivity contribution is 0.000191. The minimum atomic E-state index is -0.139. The third-order valence-corrected chi connectivity index (χ3v) is 3.53. The van der Waals surface area contributed by atoms with Crippen LogP contribution in [0.4, 0.5) is 4.39 Å². The smallest absolute Gasteiger partial charge is 0.126 e. The van der Waals surface area contributed by atoms with Crippen LogP contribution < -0.4 is 5.32 Å². The fraction of sp³-hybridized carbons (Fsp3) is 0.600. The van der Waals surface area contributed by atoms with Gasteiger partial charge in [0.05, 0.1) is 6.10 Å². The van der Waals surface area contributed by atoms with Crippen molar-refractivity contribution in [2.24, 2.45) is 0 Å². The first-order valence-corrected chi connectivity index (χ1v) is 6.81. The first kappa shape index (κ1) is 13.5. The first-order valence-electron chi connectivity index (χ1n) is 6.81. The average molecular weight is 251 g/mol. The highest BCUT2D eigenvalue weighted by Crippen LogP contribution is 2.29. The Labute approximate surface area is 109 Å². The molecule has 0 aliphatic carbocycles. The summed E-state index contributed by atoms with van der Waals surface area (Å²) in [5.74, 6) is -0.139. The van der Waals surface area contributed by atoms with Crippen molar-refractivity contribution in [3.8, 4) is 0 Å². The van der Waals surface area contributed by atoms with Gasteiger partial charge >= 0.3 is 0 Å². The van der Waals surface area contributed by atoms with Crippen LogP contribution in [0.3, 0.4) is 0 Å². The van der Waals surface area contributed by atoms with E-state index in [2.05, 4.69) is 12.2 Å². The van der Waals surface area contributed by atoms with E-state index in [1.165, 1.54) is 0 Å². The second-order valence-corrected chi connectivity index (χ2v) is 5.04. The fourth-order valence-electron chi connectivity index (χ4n) is 2.37. The van der Waals surface area contributed by atoms with E-state index in [9.17, 15) is 4.39 Å². The van der Waals surface area contributed by atoms with Gasteiger partial charge in [0.1, 0.15) is 5.82 Å². The summed E-state index contributed by atoms with van der Waals surface area (Å²) in [6, 6.07) is 5.91. The number of nitrogens with one attached hydrogen (secondary N) is 1. The van der Waals surface area contributed by atoms with Gasteiger partial charge in [0.2, 0.25) is 0 Å². The topological polar surface area (TPSA) is 21.3 Å². The third kappa shape index (κ3) is 3.30. The Hall–Kier alpha value is -0.930. The van der Waals surface area contributed by atoms with Gasteiger partial charge in [-0.25, -0.2) is 4.39 Å². The molecule has 0 radical (unpaired) electrons. The molecule has 18 heavy (non-hydrogen) atoms. The molecule has 2 unspecified atom stereocenters. The van der Waals surface area contributed by atoms with Gasteiger partial charge in [0.15, 0.2) is 0 Å². The van der Waals surface area contributed by atoms with Crippen LogP contribution in [0.15, 0.2) is 18.2 Å². The number of hydrogen-bond acceptors (Lipinski definition) is 2. The SMILES string of the molecule is CCCNC1CCOC(c2ccc(C)c(F)c2)C1. The van der Waals surface area contributed by atoms with Gasteiger partial charge < -0.3 is 10.1 Å². The molecule has 1 N–H and O–H groups in total. The average Bonchev–Trinajstić information content (AvgIpc) is 2.40. The summed E-state index contributed by atoms with van der Waals surface area (Å²) in [6.45, 7) is 5.74. The van der Waals surface area contributed by atoms with Crippen molar-refractivity contribution in [2.45, 2.75) is 45.3 Å². The number of ether oxygens (including phenoxy) is 1. The van der Waals surface area contributed by atoms with E-state index in [-0.39, 0.29) is 11.9 Å². The maximum atomic E-state index is 13.6. The number of rotatable bonds is 4. The molecule has 0 spiro atoms. The van der Waals surface area contributed by atoms with Gasteiger partial charge in [-0.15, -0.1) is 0 Å². The molecule has 2 atom stereocenters. The summed E-state index contributed by atoms with van der Waals surface area (Å²) < 4.78 is 19.3. The van der Waals surface area contributed by atoms with Crippen molar-refractivity contribution >= 4 is 0 Å². The lowest BCUT2D eigenvalue weighted by atomic mass is 9.96. The van der Waals surface area contributed by atoms with Crippen molar-refractivity contribution in [1.29, 1.82) is 0 Å². The highest BCUT2D eigenvalue weighted by molar-refractivity contribution is 5.25. The largest absolute Gasteiger partial charge is 0.373 e. The standard InChI is InChI=1S/C15H22FNO/c1-3-7-17-13-6-8-18-15(10-13)12-5-4-11(2)14(16)9-12/h4-5,9,13,15,17H,3,6-8,10H2,1-2H3. The quantitative estimate of drug-likeness (QED) is 0.886. The predicted molar refractivity (Wildman–Crippen MR) is 71.1 cm³/mol. The highest BCUT2D eigenvalue weighted by Gasteiger charge is 2.23. The number of benzene rings is 1. The van der Waals surface area contributed by atoms with Gasteiger partial charge in [0, 0.05) is 12.6 Å². The Balaban J connectivity index is 2.01. The lowest BCUT2D eigenvalue weighted by Gasteiger charge is -2.30. The van der Waals surface area contributed by atoms with Crippen LogP contribution in [-0.4, -0.2) is 19.2 Å². The van der Waals surface area contributed by atoms with Gasteiger partial charge in [-0.2, -0.15) is 0 Å². The normalized spacial score (nSPS) is 24.2. The molecule has 1 aliphatic heterocycles. The van der Waals surface area contributed by atoms with E-state index >= 15 is 0 Å². The second-order valence-electron chi connectivity index (χ2n) is 5.04. The molecule has 1 fully saturated rings. The van der Waals surface area contributed by atoms with Gasteiger partial charge in [-0.05, 0) is 49.9 Å². The number of aryl methyl sites for hydroxylation is 1. The van der Waals surface area contributed by atoms with Gasteiger partial charge in [-0.1, -0.05) is 19.1 Å². The van der Waals surface area contributed by atoms with Crippen LogP contribution >= 0.6 is 0 Å². The Morgan fingerprint density at radius 1 is 1.44 bits per heavy atom. The molecule has 2 nitrogen and oxygen atoms in total. The molecule has 2 rings (SSSR count). The van der Waals surface area contributed by atoms with Crippen LogP contribution in [0.2, 0.25) is 0 Å². The van der Waals surface area contributed by atoms with Gasteiger partial charge in [-0.3, -0.25) is 0 Å². The fourth-order valence-corrected chi connectivity index (χ4v) is 2.37. The van der Waals surface area contributed by atoms with Crippen LogP contribution in [-0.2, 0) is 4.74 Å². The minimum absolute atomic E-state index is 0.0307. The molecular formula is C15H22FNO. The number of hydrogen-bond donors (Lipinski definition) is 1. The van der Waals surface area contributed by atoms with Crippen LogP contribution in [0.5, 0.6) is 0 Å². The molecule has 0 saturated carbocycles. The molecule has 1 aliphatic rings. The summed E-state index contributed by atoms with van der Waals surface area (Å²) in [7, 11) is 0. The van der Waals surface area contributed by atoms with E-state index in [1.807, 2.05) is 12.1 Å². The zero-order chi connectivity index (χ0) is 13.0. The van der Waals surface area contributed by atoms with E-state index < -0.39 is 0 Å². The first-order chi connectivity index (χ1) is 8.70. The van der Waals surface area contributed by atoms with Crippen molar-refractivity contribution < 1.29 is 9.13 Å². The van der Waals surface area contributed by atoms with Crippen molar-refractivity contribution in [2.75, 3.05) is 13.2 Å². The Morgan fingerprint density at radius 3 is 3.00 bits per heavy atom. The summed E-state index contributed by atoms with van der Waals surface area (Å²) in [5, 5.41) is 3.52. The Bertz CT molecular complexity index is 394. The summed E-state index contributed by atoms with van der Waals surface area (Å²) in [6.07, 6.45) is 3.15. The van der Waals surface area contributed by atoms with Gasteiger partial charge in [0.25, 0.3) is 0 Å². The summed E-state index contributed by atoms with van der Waals surface area (Å²) in [4.78, 5) is 0. The zero-order valence-electron chi connectivity index (χ0n) is 11.2. The second kappa shape index (κ2) is 6.30. The van der Waals surface area contributed by atoms with E-state index in [1.54, 1.807) is 13.0 Å². The summed E-state index contributed by atoms with van der Waals surface area (Å²) >= 11 is 0. The highest BCUT2D eigenvalue weighted by atomic mass is 19.1. The molecule has 0 amide bonds. The van der Waals surface area contributed by atoms with Crippen molar-refractivity contribution in [1.82, 2.24) is 5.32 Å². The van der Waals surface area contributed by atoms with Crippen molar-refractivity contribution in [3.05, 3.63) is 35.1 Å². The molecule has 1 saturated heterocycles. The Morgan fingerprint density at radius 2 is 2.28 bits per heavy atom. The summed E-state index contributed by atoms with van der Waals surface area (Å²) in [5.41, 5.74) is 1.65. The lowest BCUT2D eigenvalue weighted by Crippen LogP contribution is -2.36. The Kier molecular flexibility index (Phi) is 4.72. The maximum absolute atomic E-state index is 13.6. The molecule has 1 aromatic carbocycles. The molecule has 0 aromatic heterocycles. The monoisotopic (exact) mass is 251 g/mol. The minimum Gasteiger partial charge on any atom is -0.373 e. The predicted octanol–water partition coefficient (Wildman–Crippen LogP) is 3.35.